The van der Waals surface area contributed by atoms with Gasteiger partial charge in [-0.25, -0.2) is 0 Å². The van der Waals surface area contributed by atoms with Gasteiger partial charge in [0.25, 0.3) is 5.91 Å². The molecule has 5 nitrogen and oxygen atoms in total. The maximum Gasteiger partial charge on any atom is 0.253 e. The Morgan fingerprint density at radius 2 is 1.55 bits per heavy atom. The normalized spacial score (nSPS) is 14.6. The molecule has 5 heteroatoms. The molecule has 0 aromatic heterocycles. The maximum atomic E-state index is 13.1. The van der Waals surface area contributed by atoms with Gasteiger partial charge in [0, 0.05) is 37.8 Å². The van der Waals surface area contributed by atoms with E-state index in [0.717, 1.165) is 50.0 Å². The van der Waals surface area contributed by atoms with Gasteiger partial charge in [-0.05, 0) is 50.4 Å². The molecule has 0 spiro atoms. The van der Waals surface area contributed by atoms with Crippen LogP contribution in [0.3, 0.4) is 0 Å². The average molecular weight is 422 g/mol. The number of benzene rings is 2. The van der Waals surface area contributed by atoms with Crippen molar-refractivity contribution in [2.24, 2.45) is 0 Å². The minimum Gasteiger partial charge on any atom is -0.339 e. The summed E-state index contributed by atoms with van der Waals surface area (Å²) in [6.07, 6.45) is 2.84. The predicted octanol–water partition coefficient (Wildman–Crippen LogP) is 4.05. The third kappa shape index (κ3) is 6.41. The topological polar surface area (TPSA) is 43.9 Å². The monoisotopic (exact) mass is 421 g/mol. The minimum absolute atomic E-state index is 0.109. The summed E-state index contributed by atoms with van der Waals surface area (Å²) < 4.78 is 0. The molecule has 2 aromatic rings. The lowest BCUT2D eigenvalue weighted by Crippen LogP contribution is -2.50. The van der Waals surface area contributed by atoms with Gasteiger partial charge in [0.1, 0.15) is 0 Å². The Balaban J connectivity index is 1.56. The molecule has 0 aliphatic carbocycles. The third-order valence-electron chi connectivity index (χ3n) is 6.09. The third-order valence-corrected chi connectivity index (χ3v) is 6.09. The molecule has 2 aromatic carbocycles. The van der Waals surface area contributed by atoms with Gasteiger partial charge < -0.3 is 9.80 Å². The first kappa shape index (κ1) is 23.0. The summed E-state index contributed by atoms with van der Waals surface area (Å²) in [6.45, 7) is 8.41. The van der Waals surface area contributed by atoms with Crippen LogP contribution in [0, 0.1) is 0 Å². The highest BCUT2D eigenvalue weighted by Gasteiger charge is 2.29. The number of piperidine rings is 1. The first-order valence-corrected chi connectivity index (χ1v) is 11.5. The molecular formula is C26H35N3O2. The van der Waals surface area contributed by atoms with E-state index in [1.807, 2.05) is 65.3 Å². The summed E-state index contributed by atoms with van der Waals surface area (Å²) >= 11 is 0. The summed E-state index contributed by atoms with van der Waals surface area (Å²) in [5, 5.41) is 0. The predicted molar refractivity (Wildman–Crippen MR) is 125 cm³/mol. The fourth-order valence-corrected chi connectivity index (χ4v) is 4.33. The maximum absolute atomic E-state index is 13.1. The minimum atomic E-state index is 0.109. The van der Waals surface area contributed by atoms with Crippen molar-refractivity contribution in [2.45, 2.75) is 45.7 Å². The van der Waals surface area contributed by atoms with E-state index in [0.29, 0.717) is 25.7 Å². The Kier molecular flexibility index (Phi) is 8.65. The lowest BCUT2D eigenvalue weighted by Gasteiger charge is -2.39. The van der Waals surface area contributed by atoms with Gasteiger partial charge in [-0.1, -0.05) is 55.5 Å². The van der Waals surface area contributed by atoms with Gasteiger partial charge in [0.05, 0.1) is 6.54 Å². The van der Waals surface area contributed by atoms with Crippen LogP contribution in [0.4, 0.5) is 0 Å². The zero-order valence-corrected chi connectivity index (χ0v) is 18.9. The highest BCUT2D eigenvalue weighted by molar-refractivity contribution is 5.94. The molecule has 1 aliphatic heterocycles. The van der Waals surface area contributed by atoms with Crippen LogP contribution in [0.25, 0.3) is 0 Å². The van der Waals surface area contributed by atoms with E-state index in [4.69, 9.17) is 0 Å². The van der Waals surface area contributed by atoms with Gasteiger partial charge in [-0.2, -0.15) is 0 Å². The van der Waals surface area contributed by atoms with Crippen LogP contribution >= 0.6 is 0 Å². The van der Waals surface area contributed by atoms with Crippen LogP contribution in [0.1, 0.15) is 49.0 Å². The average Bonchev–Trinajstić information content (AvgIpc) is 2.83. The van der Waals surface area contributed by atoms with Crippen LogP contribution in [0.2, 0.25) is 0 Å². The molecule has 1 aliphatic rings. The van der Waals surface area contributed by atoms with E-state index in [9.17, 15) is 9.59 Å². The van der Waals surface area contributed by atoms with Crippen molar-refractivity contribution in [1.82, 2.24) is 14.7 Å². The van der Waals surface area contributed by atoms with Crippen molar-refractivity contribution < 1.29 is 9.59 Å². The first-order valence-electron chi connectivity index (χ1n) is 11.5. The number of likely N-dealkylation sites (N-methyl/N-ethyl adjacent to an activating group) is 1. The van der Waals surface area contributed by atoms with Crippen LogP contribution < -0.4 is 0 Å². The second kappa shape index (κ2) is 11.7. The number of hydrogen-bond acceptors (Lipinski definition) is 3. The highest BCUT2D eigenvalue weighted by atomic mass is 16.2. The molecule has 0 N–H and O–H groups in total. The number of amides is 2. The van der Waals surface area contributed by atoms with E-state index >= 15 is 0 Å². The van der Waals surface area contributed by atoms with Gasteiger partial charge in [-0.15, -0.1) is 0 Å². The smallest absolute Gasteiger partial charge is 0.253 e. The zero-order chi connectivity index (χ0) is 22.1. The molecule has 1 heterocycles. The number of carbonyl (C=O) groups excluding carboxylic acids is 2. The Hall–Kier alpha value is -2.66. The van der Waals surface area contributed by atoms with Crippen molar-refractivity contribution in [3.8, 4) is 0 Å². The van der Waals surface area contributed by atoms with Crippen molar-refractivity contribution >= 4 is 11.8 Å². The standard InChI is InChI=1S/C26H35N3O2/c1-3-17-29(21-25(30)27(4-2)20-22-11-7-5-8-12-22)24-15-18-28(19-16-24)26(31)23-13-9-6-10-14-23/h5-14,24H,3-4,15-21H2,1-2H3. The summed E-state index contributed by atoms with van der Waals surface area (Å²) in [5.41, 5.74) is 1.91. The molecule has 1 saturated heterocycles. The van der Waals surface area contributed by atoms with Crippen LogP contribution in [0.5, 0.6) is 0 Å². The number of likely N-dealkylation sites (tertiary alicyclic amines) is 1. The molecule has 3 rings (SSSR count). The fraction of sp³-hybridized carbons (Fsp3) is 0.462. The van der Waals surface area contributed by atoms with E-state index < -0.39 is 0 Å². The molecule has 2 amide bonds. The van der Waals surface area contributed by atoms with Crippen LogP contribution in [-0.4, -0.2) is 65.3 Å². The number of carbonyl (C=O) groups is 2. The molecule has 0 atom stereocenters. The molecule has 31 heavy (non-hydrogen) atoms. The summed E-state index contributed by atoms with van der Waals surface area (Å²) in [6, 6.07) is 20.0. The SMILES string of the molecule is CCCN(CC(=O)N(CC)Cc1ccccc1)C1CCN(C(=O)c2ccccc2)CC1. The van der Waals surface area contributed by atoms with Crippen molar-refractivity contribution in [3.05, 3.63) is 71.8 Å². The Morgan fingerprint density at radius 3 is 2.13 bits per heavy atom. The largest absolute Gasteiger partial charge is 0.339 e. The quantitative estimate of drug-likeness (QED) is 0.613. The summed E-state index contributed by atoms with van der Waals surface area (Å²) in [4.78, 5) is 32.0. The summed E-state index contributed by atoms with van der Waals surface area (Å²) in [7, 11) is 0. The van der Waals surface area contributed by atoms with Crippen molar-refractivity contribution in [3.63, 3.8) is 0 Å². The molecular weight excluding hydrogens is 386 g/mol. The van der Waals surface area contributed by atoms with Gasteiger partial charge >= 0.3 is 0 Å². The van der Waals surface area contributed by atoms with Gasteiger partial charge in [0.2, 0.25) is 5.91 Å². The second-order valence-corrected chi connectivity index (χ2v) is 8.25. The van der Waals surface area contributed by atoms with Gasteiger partial charge in [0.15, 0.2) is 0 Å². The molecule has 166 valence electrons. The van der Waals surface area contributed by atoms with E-state index in [-0.39, 0.29) is 11.8 Å². The second-order valence-electron chi connectivity index (χ2n) is 8.25. The van der Waals surface area contributed by atoms with E-state index in [1.165, 1.54) is 0 Å². The lowest BCUT2D eigenvalue weighted by atomic mass is 10.0. The number of hydrogen-bond donors (Lipinski definition) is 0. The first-order chi connectivity index (χ1) is 15.1. The van der Waals surface area contributed by atoms with Crippen LogP contribution in [0.15, 0.2) is 60.7 Å². The zero-order valence-electron chi connectivity index (χ0n) is 18.9. The lowest BCUT2D eigenvalue weighted by molar-refractivity contribution is -0.133. The van der Waals surface area contributed by atoms with Crippen molar-refractivity contribution in [2.75, 3.05) is 32.7 Å². The molecule has 0 bridgehead atoms. The molecule has 1 fully saturated rings. The number of rotatable bonds is 9. The van der Waals surface area contributed by atoms with Crippen molar-refractivity contribution in [1.29, 1.82) is 0 Å². The highest BCUT2D eigenvalue weighted by Crippen LogP contribution is 2.19. The molecule has 0 unspecified atom stereocenters. The Bertz CT molecular complexity index is 817. The summed E-state index contributed by atoms with van der Waals surface area (Å²) in [5.74, 6) is 0.291. The number of nitrogens with zero attached hydrogens (tertiary/aromatic N) is 3. The Morgan fingerprint density at radius 1 is 0.935 bits per heavy atom. The van der Waals surface area contributed by atoms with E-state index in [1.54, 1.807) is 0 Å². The van der Waals surface area contributed by atoms with Crippen LogP contribution in [-0.2, 0) is 11.3 Å². The molecule has 0 saturated carbocycles. The van der Waals surface area contributed by atoms with E-state index in [2.05, 4.69) is 24.0 Å². The fourth-order valence-electron chi connectivity index (χ4n) is 4.33. The van der Waals surface area contributed by atoms with Gasteiger partial charge in [-0.3, -0.25) is 14.5 Å². The Labute approximate surface area is 186 Å². The molecule has 0 radical (unpaired) electrons.